The number of hydrogen-bond donors (Lipinski definition) is 2. The SMILES string of the molecule is C=C(C)CC(C)(C[B]P(I)C(C)(CO)c1ccccc1)CC(C)(Cl)CC(C)(Cl)CC(C)(C)P(I)[B]C(C)(CO)c1ccccc1. The van der Waals surface area contributed by atoms with Crippen molar-refractivity contribution in [2.75, 3.05) is 13.2 Å². The maximum atomic E-state index is 10.5. The summed E-state index contributed by atoms with van der Waals surface area (Å²) in [6, 6.07) is 20.6. The molecular weight excluding hydrogens is 861 g/mol. The third-order valence-electron chi connectivity index (χ3n) is 8.72. The van der Waals surface area contributed by atoms with Gasteiger partial charge in [-0.1, -0.05) is 155 Å². The molecule has 0 bridgehead atoms. The van der Waals surface area contributed by atoms with E-state index in [9.17, 15) is 10.2 Å². The lowest BCUT2D eigenvalue weighted by atomic mass is 9.65. The second-order valence-corrected chi connectivity index (χ2v) is 27.1. The molecule has 0 saturated heterocycles. The number of aliphatic hydroxyl groups excluding tert-OH is 2. The molecule has 0 aliphatic rings. The number of allylic oxidation sites excluding steroid dienone is 1. The van der Waals surface area contributed by atoms with Gasteiger partial charge in [-0.2, -0.15) is 0 Å². The van der Waals surface area contributed by atoms with Crippen molar-refractivity contribution in [2.24, 2.45) is 5.41 Å². The molecule has 2 N–H and O–H groups in total. The van der Waals surface area contributed by atoms with E-state index >= 15 is 0 Å². The van der Waals surface area contributed by atoms with Gasteiger partial charge in [0, 0.05) is 21.5 Å². The van der Waals surface area contributed by atoms with E-state index in [-0.39, 0.29) is 28.9 Å². The van der Waals surface area contributed by atoms with Crippen LogP contribution in [0, 0.1) is 5.41 Å². The fraction of sp³-hybridized carbons (Fsp3) is 0.600. The number of alkyl halides is 2. The quantitative estimate of drug-likeness (QED) is 0.0485. The first kappa shape index (κ1) is 42.3. The van der Waals surface area contributed by atoms with Crippen LogP contribution in [0.25, 0.3) is 0 Å². The monoisotopic (exact) mass is 912 g/mol. The van der Waals surface area contributed by atoms with Crippen LogP contribution in [0.4, 0.5) is 0 Å². The summed E-state index contributed by atoms with van der Waals surface area (Å²) >= 11 is 19.9. The minimum atomic E-state index is -0.640. The molecule has 2 rings (SSSR count). The molecular formula is C35H52B2Cl2I2O2P2. The van der Waals surface area contributed by atoms with Gasteiger partial charge in [-0.25, -0.2) is 0 Å². The summed E-state index contributed by atoms with van der Waals surface area (Å²) in [7, 11) is 0. The van der Waals surface area contributed by atoms with Crippen LogP contribution in [0.1, 0.15) is 92.2 Å². The van der Waals surface area contributed by atoms with Crippen LogP contribution in [0.5, 0.6) is 0 Å². The van der Waals surface area contributed by atoms with Crippen LogP contribution < -0.4 is 0 Å². The van der Waals surface area contributed by atoms with Gasteiger partial charge >= 0.3 is 0 Å². The van der Waals surface area contributed by atoms with Crippen molar-refractivity contribution < 1.29 is 10.2 Å². The Kier molecular flexibility index (Phi) is 16.3. The zero-order valence-corrected chi connectivity index (χ0v) is 36.0. The van der Waals surface area contributed by atoms with Crippen molar-refractivity contribution in [2.45, 2.75) is 113 Å². The standard InChI is InChI=1S/C35H52B2Cl2I2O2P2/c1-27(2)20-31(5,24-36-45(41)35(9,26-43)29-18-14-11-15-19-29)22-33(7,39)23-32(6,38)21-30(3,4)44(40)37-34(8,25-42)28-16-12-10-13-17-28/h10-19,42-43H,1,20-26H2,2-9H3. The molecule has 0 heterocycles. The summed E-state index contributed by atoms with van der Waals surface area (Å²) in [6.07, 6.45) is 4.04. The lowest BCUT2D eigenvalue weighted by Crippen LogP contribution is -2.40. The van der Waals surface area contributed by atoms with Crippen LogP contribution in [-0.2, 0) is 10.5 Å². The second-order valence-electron chi connectivity index (χ2n) is 15.0. The molecule has 248 valence electrons. The number of aliphatic hydroxyl groups is 2. The Labute approximate surface area is 314 Å². The van der Waals surface area contributed by atoms with Gasteiger partial charge in [-0.15, -0.1) is 29.8 Å². The maximum Gasteiger partial charge on any atom is 0.176 e. The highest BCUT2D eigenvalue weighted by Gasteiger charge is 2.45. The molecule has 2 aromatic rings. The molecule has 0 fully saturated rings. The predicted octanol–water partition coefficient (Wildman–Crippen LogP) is 12.0. The van der Waals surface area contributed by atoms with Crippen molar-refractivity contribution in [1.29, 1.82) is 0 Å². The topological polar surface area (TPSA) is 40.5 Å². The summed E-state index contributed by atoms with van der Waals surface area (Å²) in [6.45, 7) is 26.8. The first-order chi connectivity index (χ1) is 20.6. The van der Waals surface area contributed by atoms with E-state index in [0.29, 0.717) is 6.42 Å². The molecule has 2 nitrogen and oxygen atoms in total. The Morgan fingerprint density at radius 1 is 0.756 bits per heavy atom. The molecule has 7 unspecified atom stereocenters. The second kappa shape index (κ2) is 17.4. The van der Waals surface area contributed by atoms with Gasteiger partial charge in [-0.3, -0.25) is 0 Å². The van der Waals surface area contributed by atoms with E-state index in [4.69, 9.17) is 23.2 Å². The van der Waals surface area contributed by atoms with Crippen LogP contribution >= 0.6 is 78.2 Å². The summed E-state index contributed by atoms with van der Waals surface area (Å²) < 4.78 is 0. The smallest absolute Gasteiger partial charge is 0.176 e. The number of halogens is 4. The fourth-order valence-electron chi connectivity index (χ4n) is 6.73. The Morgan fingerprint density at radius 3 is 1.71 bits per heavy atom. The average molecular weight is 913 g/mol. The Hall–Kier alpha value is 1.13. The van der Waals surface area contributed by atoms with Crippen LogP contribution in [0.2, 0.25) is 6.32 Å². The lowest BCUT2D eigenvalue weighted by molar-refractivity contribution is 0.253. The van der Waals surface area contributed by atoms with Crippen LogP contribution in [0.3, 0.4) is 0 Å². The number of rotatable bonds is 19. The van der Waals surface area contributed by atoms with E-state index in [2.05, 4.69) is 144 Å². The van der Waals surface area contributed by atoms with E-state index < -0.39 is 25.9 Å². The minimum absolute atomic E-state index is 0.0629. The van der Waals surface area contributed by atoms with Gasteiger partial charge in [-0.05, 0) is 80.4 Å². The third-order valence-corrected chi connectivity index (χ3v) is 22.3. The van der Waals surface area contributed by atoms with Gasteiger partial charge in [0.25, 0.3) is 0 Å². The molecule has 0 spiro atoms. The fourth-order valence-corrected chi connectivity index (χ4v) is 15.5. The molecule has 0 aliphatic heterocycles. The van der Waals surface area contributed by atoms with E-state index in [0.717, 1.165) is 36.7 Å². The van der Waals surface area contributed by atoms with Gasteiger partial charge in [0.15, 0.2) is 14.0 Å². The number of benzene rings is 2. The minimum Gasteiger partial charge on any atom is -0.396 e. The molecule has 0 aromatic heterocycles. The molecule has 7 atom stereocenters. The van der Waals surface area contributed by atoms with Gasteiger partial charge in [0.1, 0.15) is 0 Å². The molecule has 0 saturated carbocycles. The van der Waals surface area contributed by atoms with Crippen molar-refractivity contribution >= 4 is 92.2 Å². The van der Waals surface area contributed by atoms with Crippen molar-refractivity contribution in [3.63, 3.8) is 0 Å². The molecule has 10 heteroatoms. The van der Waals surface area contributed by atoms with E-state index in [1.54, 1.807) is 0 Å². The van der Waals surface area contributed by atoms with Crippen molar-refractivity contribution in [3.8, 4) is 0 Å². The van der Waals surface area contributed by atoms with Crippen molar-refractivity contribution in [3.05, 3.63) is 83.9 Å². The summed E-state index contributed by atoms with van der Waals surface area (Å²) in [5.41, 5.74) is 2.10. The molecule has 0 amide bonds. The van der Waals surface area contributed by atoms with Crippen molar-refractivity contribution in [1.82, 2.24) is 0 Å². The molecule has 2 radical (unpaired) electrons. The van der Waals surface area contributed by atoms with Gasteiger partial charge < -0.3 is 10.2 Å². The largest absolute Gasteiger partial charge is 0.396 e. The van der Waals surface area contributed by atoms with Crippen LogP contribution in [-0.4, -0.2) is 52.3 Å². The zero-order chi connectivity index (χ0) is 34.3. The molecule has 45 heavy (non-hydrogen) atoms. The normalized spacial score (nSPS) is 20.3. The first-order valence-corrected chi connectivity index (χ1v) is 24.7. The van der Waals surface area contributed by atoms with Crippen LogP contribution in [0.15, 0.2) is 72.8 Å². The van der Waals surface area contributed by atoms with Gasteiger partial charge in [0.05, 0.1) is 6.61 Å². The first-order valence-electron chi connectivity index (χ1n) is 15.6. The Balaban J connectivity index is 2.17. The highest BCUT2D eigenvalue weighted by atomic mass is 127. The summed E-state index contributed by atoms with van der Waals surface area (Å²) in [5, 5.41) is 20.1. The summed E-state index contributed by atoms with van der Waals surface area (Å²) in [4.78, 5) is -1.02. The predicted molar refractivity (Wildman–Crippen MR) is 224 cm³/mol. The highest BCUT2D eigenvalue weighted by Crippen LogP contribution is 2.63. The lowest BCUT2D eigenvalue weighted by Gasteiger charge is -2.44. The Bertz CT molecular complexity index is 1220. The Morgan fingerprint density at radius 2 is 1.24 bits per heavy atom. The van der Waals surface area contributed by atoms with Gasteiger partial charge in [0.2, 0.25) is 0 Å². The zero-order valence-electron chi connectivity index (χ0n) is 28.4. The summed E-state index contributed by atoms with van der Waals surface area (Å²) in [5.74, 6) is 0. The number of hydrogen-bond acceptors (Lipinski definition) is 2. The van der Waals surface area contributed by atoms with E-state index in [1.165, 1.54) is 5.56 Å². The molecule has 2 aromatic carbocycles. The average Bonchev–Trinajstić information content (AvgIpc) is 2.94. The molecule has 0 aliphatic carbocycles. The maximum absolute atomic E-state index is 10.5. The third kappa shape index (κ3) is 12.8. The van der Waals surface area contributed by atoms with E-state index in [1.807, 2.05) is 36.4 Å². The highest BCUT2D eigenvalue weighted by molar-refractivity contribution is 14.2.